The van der Waals surface area contributed by atoms with E-state index in [2.05, 4.69) is 18.1 Å². The van der Waals surface area contributed by atoms with Gasteiger partial charge in [0.15, 0.2) is 0 Å². The van der Waals surface area contributed by atoms with Gasteiger partial charge >= 0.3 is 17.9 Å². The summed E-state index contributed by atoms with van der Waals surface area (Å²) in [5.74, 6) is 0.0834. The Morgan fingerprint density at radius 1 is 1.03 bits per heavy atom. The number of carbonyl (C=O) groups excluding carboxylic acids is 3. The Morgan fingerprint density at radius 3 is 2.03 bits per heavy atom. The summed E-state index contributed by atoms with van der Waals surface area (Å²) in [7, 11) is 0. The molecule has 0 unspecified atom stereocenters. The SMILES string of the molecule is C[C@H](CS)C(=O)O[C@@H](COC(=O)C(C)(C)C)C(=O)ONC12CC3CC(CC(C3)C1)C2. The van der Waals surface area contributed by atoms with Crippen LogP contribution in [0.5, 0.6) is 0 Å². The Bertz CT molecular complexity index is 638. The monoisotopic (exact) mass is 441 g/mol. The molecule has 8 heteroatoms. The van der Waals surface area contributed by atoms with E-state index in [1.54, 1.807) is 27.7 Å². The zero-order valence-electron chi connectivity index (χ0n) is 18.4. The third-order valence-electron chi connectivity index (χ3n) is 6.58. The highest BCUT2D eigenvalue weighted by atomic mass is 32.1. The topological polar surface area (TPSA) is 90.9 Å². The van der Waals surface area contributed by atoms with Crippen LogP contribution in [0.25, 0.3) is 0 Å². The summed E-state index contributed by atoms with van der Waals surface area (Å²) in [4.78, 5) is 42.5. The van der Waals surface area contributed by atoms with Gasteiger partial charge < -0.3 is 14.3 Å². The van der Waals surface area contributed by atoms with Gasteiger partial charge in [0.25, 0.3) is 0 Å². The van der Waals surface area contributed by atoms with Crippen LogP contribution in [0.2, 0.25) is 0 Å². The van der Waals surface area contributed by atoms with Gasteiger partial charge in [-0.3, -0.25) is 9.59 Å². The quantitative estimate of drug-likeness (QED) is 0.259. The van der Waals surface area contributed by atoms with Gasteiger partial charge in [-0.1, -0.05) is 6.92 Å². The van der Waals surface area contributed by atoms with Crippen LogP contribution in [0.15, 0.2) is 0 Å². The van der Waals surface area contributed by atoms with Gasteiger partial charge in [-0.05, 0) is 77.0 Å². The highest BCUT2D eigenvalue weighted by molar-refractivity contribution is 7.80. The molecule has 0 saturated heterocycles. The smallest absolute Gasteiger partial charge is 0.369 e. The van der Waals surface area contributed by atoms with Crippen molar-refractivity contribution in [3.8, 4) is 0 Å². The van der Waals surface area contributed by atoms with Crippen molar-refractivity contribution in [3.63, 3.8) is 0 Å². The van der Waals surface area contributed by atoms with E-state index in [0.29, 0.717) is 17.8 Å². The second-order valence-corrected chi connectivity index (χ2v) is 10.9. The van der Waals surface area contributed by atoms with Crippen molar-refractivity contribution >= 4 is 30.5 Å². The van der Waals surface area contributed by atoms with E-state index in [1.165, 1.54) is 19.3 Å². The lowest BCUT2D eigenvalue weighted by Gasteiger charge is -2.56. The van der Waals surface area contributed by atoms with Crippen LogP contribution in [0.1, 0.15) is 66.2 Å². The summed E-state index contributed by atoms with van der Waals surface area (Å²) in [5, 5.41) is 0. The van der Waals surface area contributed by atoms with Crippen LogP contribution in [0.3, 0.4) is 0 Å². The lowest BCUT2D eigenvalue weighted by molar-refractivity contribution is -0.189. The maximum atomic E-state index is 12.8. The number of esters is 2. The number of hydroxylamine groups is 1. The minimum Gasteiger partial charge on any atom is -0.461 e. The van der Waals surface area contributed by atoms with E-state index < -0.39 is 35.3 Å². The average Bonchev–Trinajstić information content (AvgIpc) is 2.66. The van der Waals surface area contributed by atoms with E-state index in [1.807, 2.05) is 0 Å². The van der Waals surface area contributed by atoms with Crippen LogP contribution < -0.4 is 5.48 Å². The van der Waals surface area contributed by atoms with Crippen molar-refractivity contribution in [2.45, 2.75) is 77.9 Å². The number of thiol groups is 1. The Kier molecular flexibility index (Phi) is 7.07. The molecule has 1 N–H and O–H groups in total. The Morgan fingerprint density at radius 2 is 1.57 bits per heavy atom. The number of rotatable bonds is 8. The molecule has 4 aliphatic carbocycles. The zero-order valence-corrected chi connectivity index (χ0v) is 19.3. The summed E-state index contributed by atoms with van der Waals surface area (Å²) >= 11 is 4.10. The summed E-state index contributed by atoms with van der Waals surface area (Å²) < 4.78 is 10.6. The summed E-state index contributed by atoms with van der Waals surface area (Å²) in [6, 6.07) is 0. The van der Waals surface area contributed by atoms with Crippen LogP contribution in [-0.2, 0) is 28.7 Å². The first kappa shape index (κ1) is 23.4. The summed E-state index contributed by atoms with van der Waals surface area (Å²) in [5.41, 5.74) is 2.14. The fourth-order valence-electron chi connectivity index (χ4n) is 5.31. The standard InChI is InChI=1S/C22H35NO6S/c1-13(12-30)18(24)28-17(11-27-20(26)21(2,3)4)19(25)29-23-22-8-14-5-15(9-22)7-16(6-14)10-22/h13-17,23,30H,5-12H2,1-4H3/t13-,14?,15?,16?,17+,22?/m1/s1. The Hall–Kier alpha value is -1.28. The first-order chi connectivity index (χ1) is 14.0. The van der Waals surface area contributed by atoms with Gasteiger partial charge in [-0.2, -0.15) is 12.6 Å². The maximum Gasteiger partial charge on any atom is 0.369 e. The predicted octanol–water partition coefficient (Wildman–Crippen LogP) is 3.07. The van der Waals surface area contributed by atoms with E-state index >= 15 is 0 Å². The van der Waals surface area contributed by atoms with Crippen LogP contribution in [0, 0.1) is 29.1 Å². The molecule has 4 bridgehead atoms. The lowest BCUT2D eigenvalue weighted by atomic mass is 9.53. The van der Waals surface area contributed by atoms with Gasteiger partial charge in [0.1, 0.15) is 6.61 Å². The molecule has 0 radical (unpaired) electrons. The third kappa shape index (κ3) is 5.49. The first-order valence-corrected chi connectivity index (χ1v) is 11.6. The molecular weight excluding hydrogens is 406 g/mol. The average molecular weight is 442 g/mol. The van der Waals surface area contributed by atoms with Crippen molar-refractivity contribution in [1.29, 1.82) is 0 Å². The summed E-state index contributed by atoms with van der Waals surface area (Å²) in [6.07, 6.45) is 5.54. The van der Waals surface area contributed by atoms with Gasteiger partial charge in [0.05, 0.1) is 16.9 Å². The van der Waals surface area contributed by atoms with Crippen molar-refractivity contribution in [2.75, 3.05) is 12.4 Å². The van der Waals surface area contributed by atoms with E-state index in [9.17, 15) is 14.4 Å². The molecule has 0 amide bonds. The lowest BCUT2D eigenvalue weighted by Crippen LogP contribution is -2.59. The van der Waals surface area contributed by atoms with Crippen molar-refractivity contribution < 1.29 is 28.7 Å². The van der Waals surface area contributed by atoms with Crippen molar-refractivity contribution in [2.24, 2.45) is 29.1 Å². The number of hydrogen-bond donors (Lipinski definition) is 2. The number of hydrogen-bond acceptors (Lipinski definition) is 8. The molecule has 170 valence electrons. The van der Waals surface area contributed by atoms with E-state index in [-0.39, 0.29) is 17.9 Å². The molecule has 4 rings (SSSR count). The van der Waals surface area contributed by atoms with Crippen LogP contribution in [-0.4, -0.2) is 41.9 Å². The molecule has 0 aromatic heterocycles. The molecule has 0 spiro atoms. The first-order valence-electron chi connectivity index (χ1n) is 11.0. The zero-order chi connectivity index (χ0) is 22.1. The van der Waals surface area contributed by atoms with Gasteiger partial charge in [0, 0.05) is 5.75 Å². The third-order valence-corrected chi connectivity index (χ3v) is 7.13. The summed E-state index contributed by atoms with van der Waals surface area (Å²) in [6.45, 7) is 6.43. The minimum absolute atomic E-state index is 0.181. The van der Waals surface area contributed by atoms with E-state index in [4.69, 9.17) is 14.3 Å². The van der Waals surface area contributed by atoms with Crippen LogP contribution in [0.4, 0.5) is 0 Å². The Labute approximate surface area is 184 Å². The number of ether oxygens (including phenoxy) is 2. The molecule has 0 heterocycles. The fourth-order valence-corrected chi connectivity index (χ4v) is 5.46. The van der Waals surface area contributed by atoms with Crippen molar-refractivity contribution in [3.05, 3.63) is 0 Å². The second kappa shape index (κ2) is 9.07. The van der Waals surface area contributed by atoms with Gasteiger partial charge in [-0.15, -0.1) is 5.48 Å². The normalized spacial score (nSPS) is 31.7. The molecule has 7 nitrogen and oxygen atoms in total. The van der Waals surface area contributed by atoms with Gasteiger partial charge in [-0.25, -0.2) is 4.79 Å². The molecule has 0 aromatic carbocycles. The molecular formula is C22H35NO6S. The number of nitrogens with one attached hydrogen (secondary N) is 1. The Balaban J connectivity index is 1.60. The molecule has 2 atom stereocenters. The molecule has 0 aliphatic heterocycles. The molecule has 4 saturated carbocycles. The minimum atomic E-state index is -1.31. The number of carbonyl (C=O) groups is 3. The van der Waals surface area contributed by atoms with E-state index in [0.717, 1.165) is 19.3 Å². The second-order valence-electron chi connectivity index (χ2n) is 10.6. The highest BCUT2D eigenvalue weighted by Crippen LogP contribution is 2.55. The largest absolute Gasteiger partial charge is 0.461 e. The molecule has 4 aliphatic rings. The fraction of sp³-hybridized carbons (Fsp3) is 0.864. The van der Waals surface area contributed by atoms with Gasteiger partial charge in [0.2, 0.25) is 6.10 Å². The van der Waals surface area contributed by atoms with Crippen LogP contribution >= 0.6 is 12.6 Å². The molecule has 4 fully saturated rings. The molecule has 30 heavy (non-hydrogen) atoms. The predicted molar refractivity (Wildman–Crippen MR) is 113 cm³/mol. The van der Waals surface area contributed by atoms with Crippen molar-refractivity contribution in [1.82, 2.24) is 5.48 Å². The highest BCUT2D eigenvalue weighted by Gasteiger charge is 2.52. The molecule has 0 aromatic rings. The maximum absolute atomic E-state index is 12.8.